The number of hydrogen-bond acceptors (Lipinski definition) is 4. The second-order valence-electron chi connectivity index (χ2n) is 8.67. The fourth-order valence-corrected chi connectivity index (χ4v) is 4.07. The average Bonchev–Trinajstić information content (AvgIpc) is 2.77. The van der Waals surface area contributed by atoms with Crippen LogP contribution in [-0.4, -0.2) is 66.8 Å². The van der Waals surface area contributed by atoms with Crippen LogP contribution in [0.15, 0.2) is 4.99 Å². The third-order valence-corrected chi connectivity index (χ3v) is 6.35. The maximum atomic E-state index is 13.4. The predicted molar refractivity (Wildman–Crippen MR) is 128 cm³/mol. The maximum Gasteiger partial charge on any atom is 0.246 e. The summed E-state index contributed by atoms with van der Waals surface area (Å²) in [6.45, 7) is 7.18. The molecule has 1 saturated heterocycles. The summed E-state index contributed by atoms with van der Waals surface area (Å²) in [4.78, 5) is 43.9. The number of carbonyl (C=O) groups excluding carboxylic acids is 3. The first-order valence-electron chi connectivity index (χ1n) is 12.1. The Morgan fingerprint density at radius 1 is 1.19 bits per heavy atom. The number of nitrogens with zero attached hydrogens (tertiary/aromatic N) is 2. The quantitative estimate of drug-likeness (QED) is 0.277. The lowest BCUT2D eigenvalue weighted by molar-refractivity contribution is -0.135. The van der Waals surface area contributed by atoms with Crippen molar-refractivity contribution in [3.63, 3.8) is 0 Å². The Morgan fingerprint density at radius 2 is 1.84 bits per heavy atom. The van der Waals surface area contributed by atoms with Gasteiger partial charge in [0, 0.05) is 46.1 Å². The van der Waals surface area contributed by atoms with Crippen LogP contribution in [0.2, 0.25) is 0 Å². The van der Waals surface area contributed by atoms with E-state index in [1.807, 2.05) is 18.7 Å². The van der Waals surface area contributed by atoms with Gasteiger partial charge in [-0.1, -0.05) is 33.1 Å². The van der Waals surface area contributed by atoms with Gasteiger partial charge in [-0.05, 0) is 38.5 Å². The number of carbonyl (C=O) groups is 3. The molecule has 3 amide bonds. The summed E-state index contributed by atoms with van der Waals surface area (Å²) < 4.78 is 0. The first-order chi connectivity index (χ1) is 15.3. The van der Waals surface area contributed by atoms with E-state index in [1.54, 1.807) is 14.0 Å². The largest absolute Gasteiger partial charge is 0.370 e. The molecule has 1 aliphatic rings. The fourth-order valence-electron chi connectivity index (χ4n) is 4.07. The Morgan fingerprint density at radius 3 is 2.47 bits per heavy atom. The summed E-state index contributed by atoms with van der Waals surface area (Å²) in [6.07, 6.45) is 7.66. The Bertz CT molecular complexity index is 633. The molecule has 9 nitrogen and oxygen atoms in total. The summed E-state index contributed by atoms with van der Waals surface area (Å²) in [5.41, 5.74) is 4.76. The van der Waals surface area contributed by atoms with Crippen molar-refractivity contribution >= 4 is 23.7 Å². The Labute approximate surface area is 193 Å². The highest BCUT2D eigenvalue weighted by Gasteiger charge is 2.37. The van der Waals surface area contributed by atoms with E-state index in [0.717, 1.165) is 38.5 Å². The summed E-state index contributed by atoms with van der Waals surface area (Å²) in [5.74, 6) is 0.140. The molecule has 32 heavy (non-hydrogen) atoms. The molecule has 0 unspecified atom stereocenters. The fraction of sp³-hybridized carbons (Fsp3) is 0.826. The number of nitrogens with two attached hydrogens (primary N) is 1. The summed E-state index contributed by atoms with van der Waals surface area (Å²) in [5, 5.41) is 9.20. The molecular weight excluding hydrogens is 408 g/mol. The smallest absolute Gasteiger partial charge is 0.246 e. The Kier molecular flexibility index (Phi) is 12.7. The van der Waals surface area contributed by atoms with Gasteiger partial charge in [-0.2, -0.15) is 0 Å². The number of amides is 3. The Balaban J connectivity index is 3.03. The van der Waals surface area contributed by atoms with Gasteiger partial charge in [0.25, 0.3) is 0 Å². The van der Waals surface area contributed by atoms with Crippen molar-refractivity contribution in [1.29, 1.82) is 0 Å². The summed E-state index contributed by atoms with van der Waals surface area (Å²) in [6, 6.07) is -0.215. The van der Waals surface area contributed by atoms with E-state index in [0.29, 0.717) is 51.3 Å². The van der Waals surface area contributed by atoms with Gasteiger partial charge in [-0.15, -0.1) is 0 Å². The average molecular weight is 453 g/mol. The van der Waals surface area contributed by atoms with Crippen LogP contribution in [0.1, 0.15) is 85.0 Å². The zero-order valence-corrected chi connectivity index (χ0v) is 20.5. The van der Waals surface area contributed by atoms with Crippen molar-refractivity contribution < 1.29 is 14.4 Å². The molecule has 0 aliphatic carbocycles. The molecule has 0 aromatic heterocycles. The molecule has 0 spiro atoms. The van der Waals surface area contributed by atoms with Crippen molar-refractivity contribution in [2.45, 2.75) is 96.6 Å². The number of hydrogen-bond donors (Lipinski definition) is 4. The van der Waals surface area contributed by atoms with Crippen LogP contribution in [0, 0.1) is 0 Å². The first-order valence-corrected chi connectivity index (χ1v) is 12.1. The van der Waals surface area contributed by atoms with Gasteiger partial charge in [0.15, 0.2) is 5.96 Å². The highest BCUT2D eigenvalue weighted by Crippen LogP contribution is 2.18. The van der Waals surface area contributed by atoms with Crippen LogP contribution in [0.3, 0.4) is 0 Å². The molecule has 1 atom stereocenters. The first kappa shape index (κ1) is 27.7. The Hall–Kier alpha value is -2.32. The van der Waals surface area contributed by atoms with Gasteiger partial charge in [0.1, 0.15) is 5.54 Å². The third kappa shape index (κ3) is 9.44. The van der Waals surface area contributed by atoms with Crippen molar-refractivity contribution in [1.82, 2.24) is 20.9 Å². The van der Waals surface area contributed by atoms with E-state index < -0.39 is 5.54 Å². The standard InChI is InChI=1S/C23H44N6O3/c1-5-23(6-2)21(32)27-19(13-12-15-26-22(24)25-4)17-29(18(3)30)16-11-9-7-8-10-14-20(31)28-23/h19H,5-17H2,1-4H3,(H,27,32)(H,28,31)(H3,24,25,26)/t19-/m0/s1. The zero-order valence-electron chi connectivity index (χ0n) is 20.5. The third-order valence-electron chi connectivity index (χ3n) is 6.35. The van der Waals surface area contributed by atoms with Crippen molar-refractivity contribution in [2.75, 3.05) is 26.7 Å². The van der Waals surface area contributed by atoms with Crippen molar-refractivity contribution in [2.24, 2.45) is 10.7 Å². The van der Waals surface area contributed by atoms with E-state index in [4.69, 9.17) is 5.73 Å². The number of guanidine groups is 1. The maximum absolute atomic E-state index is 13.4. The number of nitrogens with one attached hydrogen (secondary N) is 3. The summed E-state index contributed by atoms with van der Waals surface area (Å²) in [7, 11) is 1.62. The van der Waals surface area contributed by atoms with E-state index in [-0.39, 0.29) is 23.8 Å². The molecule has 1 fully saturated rings. The lowest BCUT2D eigenvalue weighted by atomic mass is 9.90. The van der Waals surface area contributed by atoms with Crippen LogP contribution >= 0.6 is 0 Å². The molecule has 1 rings (SSSR count). The highest BCUT2D eigenvalue weighted by molar-refractivity contribution is 5.91. The van der Waals surface area contributed by atoms with Crippen LogP contribution in [0.25, 0.3) is 0 Å². The SMILES string of the molecule is CCC1(CC)NC(=O)CCCCCCCN(C(C)=O)C[C@H](CCCNC(N)=NC)NC1=O. The second-order valence-corrected chi connectivity index (χ2v) is 8.67. The monoisotopic (exact) mass is 452 g/mol. The van der Waals surface area contributed by atoms with E-state index in [2.05, 4.69) is 20.9 Å². The van der Waals surface area contributed by atoms with Gasteiger partial charge in [-0.3, -0.25) is 19.4 Å². The van der Waals surface area contributed by atoms with Crippen LogP contribution in [0.5, 0.6) is 0 Å². The molecular formula is C23H44N6O3. The van der Waals surface area contributed by atoms with E-state index in [1.165, 1.54) is 0 Å². The molecule has 0 aromatic carbocycles. The minimum absolute atomic E-state index is 0.0135. The molecule has 5 N–H and O–H groups in total. The molecule has 0 radical (unpaired) electrons. The summed E-state index contributed by atoms with van der Waals surface area (Å²) >= 11 is 0. The van der Waals surface area contributed by atoms with Crippen molar-refractivity contribution in [3.8, 4) is 0 Å². The molecule has 184 valence electrons. The van der Waals surface area contributed by atoms with Gasteiger partial charge in [0.05, 0.1) is 0 Å². The molecule has 0 aromatic rings. The molecule has 9 heteroatoms. The van der Waals surface area contributed by atoms with Crippen LogP contribution in [0.4, 0.5) is 0 Å². The number of aliphatic imine (C=N–C) groups is 1. The minimum Gasteiger partial charge on any atom is -0.370 e. The molecule has 0 saturated carbocycles. The van der Waals surface area contributed by atoms with Gasteiger partial charge < -0.3 is 26.6 Å². The second kappa shape index (κ2) is 14.7. The lowest BCUT2D eigenvalue weighted by Crippen LogP contribution is -2.61. The molecule has 1 heterocycles. The van der Waals surface area contributed by atoms with Gasteiger partial charge in [0.2, 0.25) is 17.7 Å². The molecule has 1 aliphatic heterocycles. The zero-order chi connectivity index (χ0) is 24.0. The predicted octanol–water partition coefficient (Wildman–Crippen LogP) is 1.66. The van der Waals surface area contributed by atoms with Gasteiger partial charge in [-0.25, -0.2) is 0 Å². The van der Waals surface area contributed by atoms with Gasteiger partial charge >= 0.3 is 0 Å². The van der Waals surface area contributed by atoms with E-state index in [9.17, 15) is 14.4 Å². The van der Waals surface area contributed by atoms with E-state index >= 15 is 0 Å². The number of rotatable bonds is 6. The normalized spacial score (nSPS) is 21.7. The van der Waals surface area contributed by atoms with Crippen LogP contribution in [-0.2, 0) is 14.4 Å². The minimum atomic E-state index is -0.936. The lowest BCUT2D eigenvalue weighted by Gasteiger charge is -2.35. The van der Waals surface area contributed by atoms with Crippen LogP contribution < -0.4 is 21.7 Å². The highest BCUT2D eigenvalue weighted by atomic mass is 16.2. The molecule has 0 bridgehead atoms. The van der Waals surface area contributed by atoms with Crippen molar-refractivity contribution in [3.05, 3.63) is 0 Å². The topological polar surface area (TPSA) is 129 Å².